The molecule has 1 heterocycles. The van der Waals surface area contributed by atoms with Gasteiger partial charge in [-0.2, -0.15) is 0 Å². The van der Waals surface area contributed by atoms with E-state index in [1.807, 2.05) is 13.3 Å². The number of nitrogens with zero attached hydrogens (tertiary/aromatic N) is 4. The van der Waals surface area contributed by atoms with Crippen molar-refractivity contribution < 1.29 is 0 Å². The second-order valence-electron chi connectivity index (χ2n) is 1.47. The molecule has 0 spiro atoms. The highest BCUT2D eigenvalue weighted by atomic mass is 15.6. The van der Waals surface area contributed by atoms with E-state index in [9.17, 15) is 0 Å². The highest BCUT2D eigenvalue weighted by Gasteiger charge is 2.05. The van der Waals surface area contributed by atoms with Crippen molar-refractivity contribution >= 4 is 0 Å². The molecule has 8 heavy (non-hydrogen) atoms. The molecule has 0 fully saturated rings. The molecule has 0 aromatic rings. The summed E-state index contributed by atoms with van der Waals surface area (Å²) in [6.45, 7) is 2.03. The third-order valence-corrected chi connectivity index (χ3v) is 0.826. The molecule has 43 valence electrons. The summed E-state index contributed by atoms with van der Waals surface area (Å²) in [6, 6.07) is 0. The lowest BCUT2D eigenvalue weighted by atomic mass is 10.3. The molecule has 0 amide bonds. The first-order chi connectivity index (χ1) is 3.93. The first-order valence-corrected chi connectivity index (χ1v) is 2.57. The van der Waals surface area contributed by atoms with E-state index in [2.05, 4.69) is 20.7 Å². The van der Waals surface area contributed by atoms with Crippen molar-refractivity contribution in [2.24, 2.45) is 20.7 Å². The quantitative estimate of drug-likeness (QED) is 0.521. The summed E-state index contributed by atoms with van der Waals surface area (Å²) in [5.74, 6) is 0. The van der Waals surface area contributed by atoms with E-state index >= 15 is 0 Å². The van der Waals surface area contributed by atoms with Gasteiger partial charge in [-0.25, -0.2) is 0 Å². The van der Waals surface area contributed by atoms with Gasteiger partial charge in [-0.3, -0.25) is 0 Å². The van der Waals surface area contributed by atoms with Crippen LogP contribution in [0.15, 0.2) is 20.7 Å². The van der Waals surface area contributed by atoms with Crippen LogP contribution in [0.4, 0.5) is 0 Å². The first kappa shape index (κ1) is 5.34. The van der Waals surface area contributed by atoms with E-state index in [1.54, 1.807) is 0 Å². The Kier molecular flexibility index (Phi) is 1.66. The molecule has 0 saturated heterocycles. The highest BCUT2D eigenvalue weighted by Crippen LogP contribution is 2.08. The third-order valence-electron chi connectivity index (χ3n) is 0.826. The monoisotopic (exact) mass is 111 g/mol. The van der Waals surface area contributed by atoms with E-state index in [1.165, 1.54) is 0 Å². The van der Waals surface area contributed by atoms with Crippen LogP contribution in [0.3, 0.4) is 0 Å². The van der Waals surface area contributed by atoms with Crippen molar-refractivity contribution in [1.29, 1.82) is 0 Å². The van der Waals surface area contributed by atoms with Crippen molar-refractivity contribution in [3.05, 3.63) is 6.42 Å². The molecule has 0 atom stereocenters. The Morgan fingerprint density at radius 1 is 1.38 bits per heavy atom. The third kappa shape index (κ3) is 1.08. The minimum atomic E-state index is -0.0972. The lowest BCUT2D eigenvalue weighted by Gasteiger charge is -1.91. The first-order valence-electron chi connectivity index (χ1n) is 2.57. The van der Waals surface area contributed by atoms with Crippen LogP contribution in [0.1, 0.15) is 13.3 Å². The second kappa shape index (κ2) is 2.49. The van der Waals surface area contributed by atoms with Crippen LogP contribution in [-0.4, -0.2) is 6.17 Å². The zero-order valence-electron chi connectivity index (χ0n) is 4.65. The van der Waals surface area contributed by atoms with Gasteiger partial charge in [0.05, 0.1) is 0 Å². The Balaban J connectivity index is 2.27. The normalized spacial score (nSPS) is 18.1. The van der Waals surface area contributed by atoms with E-state index in [4.69, 9.17) is 0 Å². The maximum Gasteiger partial charge on any atom is 0.188 e. The van der Waals surface area contributed by atoms with Gasteiger partial charge >= 0.3 is 0 Å². The molecule has 0 N–H and O–H groups in total. The van der Waals surface area contributed by atoms with Crippen molar-refractivity contribution in [3.63, 3.8) is 0 Å². The lowest BCUT2D eigenvalue weighted by Crippen LogP contribution is -1.94. The van der Waals surface area contributed by atoms with Crippen molar-refractivity contribution in [3.8, 4) is 0 Å². The summed E-state index contributed by atoms with van der Waals surface area (Å²) in [5, 5.41) is 14.0. The van der Waals surface area contributed by atoms with Gasteiger partial charge in [0, 0.05) is 6.42 Å². The molecule has 0 aromatic carbocycles. The van der Waals surface area contributed by atoms with E-state index < -0.39 is 0 Å². The fraction of sp³-hybridized carbons (Fsp3) is 0.750. The van der Waals surface area contributed by atoms with Crippen molar-refractivity contribution in [2.75, 3.05) is 0 Å². The largest absolute Gasteiger partial charge is 0.188 e. The highest BCUT2D eigenvalue weighted by molar-refractivity contribution is 4.77. The molecular formula is C4H7N4. The Morgan fingerprint density at radius 2 is 2.00 bits per heavy atom. The molecule has 0 bridgehead atoms. The lowest BCUT2D eigenvalue weighted by molar-refractivity contribution is 0.763. The molecule has 1 aliphatic rings. The Hall–Kier alpha value is -0.800. The zero-order chi connectivity index (χ0) is 5.82. The maximum absolute atomic E-state index is 3.66. The standard InChI is InChI=1S/C4H7N4/c1-2-3-4-5-7-8-6-4/h3-4H,2H2,1H3. The Labute approximate surface area is 47.7 Å². The van der Waals surface area contributed by atoms with Crippen LogP contribution in [0.2, 0.25) is 0 Å². The van der Waals surface area contributed by atoms with Crippen LogP contribution < -0.4 is 0 Å². The summed E-state index contributed by atoms with van der Waals surface area (Å²) >= 11 is 0. The fourth-order valence-corrected chi connectivity index (χ4v) is 0.480. The SMILES string of the molecule is CC[CH]C1N=NN=N1. The molecule has 1 rings (SSSR count). The van der Waals surface area contributed by atoms with Gasteiger partial charge in [0.1, 0.15) is 0 Å². The van der Waals surface area contributed by atoms with Crippen LogP contribution in [-0.2, 0) is 0 Å². The average molecular weight is 111 g/mol. The summed E-state index contributed by atoms with van der Waals surface area (Å²) in [4.78, 5) is 0. The fourth-order valence-electron chi connectivity index (χ4n) is 0.480. The zero-order valence-corrected chi connectivity index (χ0v) is 4.65. The molecule has 0 saturated carbocycles. The minimum absolute atomic E-state index is 0.0972. The van der Waals surface area contributed by atoms with Gasteiger partial charge in [-0.15, -0.1) is 10.2 Å². The predicted molar refractivity (Wildman–Crippen MR) is 28.1 cm³/mol. The van der Waals surface area contributed by atoms with Gasteiger partial charge in [-0.05, 0) is 16.9 Å². The Morgan fingerprint density at radius 3 is 2.50 bits per heavy atom. The number of hydrogen-bond donors (Lipinski definition) is 0. The molecule has 4 nitrogen and oxygen atoms in total. The van der Waals surface area contributed by atoms with Crippen LogP contribution in [0, 0.1) is 6.42 Å². The van der Waals surface area contributed by atoms with Gasteiger partial charge < -0.3 is 0 Å². The van der Waals surface area contributed by atoms with Crippen LogP contribution in [0.5, 0.6) is 0 Å². The van der Waals surface area contributed by atoms with Gasteiger partial charge in [0.15, 0.2) is 6.17 Å². The number of hydrogen-bond acceptors (Lipinski definition) is 4. The van der Waals surface area contributed by atoms with E-state index in [0.717, 1.165) is 6.42 Å². The van der Waals surface area contributed by atoms with Crippen molar-refractivity contribution in [2.45, 2.75) is 19.5 Å². The van der Waals surface area contributed by atoms with E-state index in [-0.39, 0.29) is 6.17 Å². The van der Waals surface area contributed by atoms with E-state index in [0.29, 0.717) is 0 Å². The van der Waals surface area contributed by atoms with Crippen molar-refractivity contribution in [1.82, 2.24) is 0 Å². The van der Waals surface area contributed by atoms with Gasteiger partial charge in [-0.1, -0.05) is 6.92 Å². The maximum atomic E-state index is 3.66. The number of rotatable bonds is 2. The predicted octanol–water partition coefficient (Wildman–Crippen LogP) is 1.76. The summed E-state index contributed by atoms with van der Waals surface area (Å²) in [6.07, 6.45) is 2.81. The summed E-state index contributed by atoms with van der Waals surface area (Å²) < 4.78 is 0. The topological polar surface area (TPSA) is 49.4 Å². The summed E-state index contributed by atoms with van der Waals surface area (Å²) in [5.41, 5.74) is 0. The molecule has 0 aromatic heterocycles. The van der Waals surface area contributed by atoms with Gasteiger partial charge in [0.25, 0.3) is 0 Å². The van der Waals surface area contributed by atoms with Gasteiger partial charge in [0.2, 0.25) is 0 Å². The van der Waals surface area contributed by atoms with Crippen LogP contribution >= 0.6 is 0 Å². The molecule has 4 heteroatoms. The molecule has 1 radical (unpaired) electrons. The smallest absolute Gasteiger partial charge is 0.138 e. The molecular weight excluding hydrogens is 104 g/mol. The minimum Gasteiger partial charge on any atom is -0.138 e. The molecule has 1 aliphatic heterocycles. The summed E-state index contributed by atoms with van der Waals surface area (Å²) in [7, 11) is 0. The second-order valence-corrected chi connectivity index (χ2v) is 1.47. The molecule has 0 unspecified atom stereocenters. The molecule has 0 aliphatic carbocycles. The Bertz CT molecular complexity index is 105. The average Bonchev–Trinajstić information content (AvgIpc) is 2.19. The van der Waals surface area contributed by atoms with Crippen LogP contribution in [0.25, 0.3) is 0 Å².